The van der Waals surface area contributed by atoms with Gasteiger partial charge in [-0.1, -0.05) is 11.6 Å². The summed E-state index contributed by atoms with van der Waals surface area (Å²) in [7, 11) is -1.03. The average Bonchev–Trinajstić information content (AvgIpc) is 3.31. The Balaban J connectivity index is 1.44. The lowest BCUT2D eigenvalue weighted by atomic mass is 10.1. The Morgan fingerprint density at radius 3 is 2.25 bits per heavy atom. The van der Waals surface area contributed by atoms with Gasteiger partial charge in [-0.3, -0.25) is 0 Å². The maximum atomic E-state index is 13.1. The molecule has 2 heterocycles. The second-order valence-electron chi connectivity index (χ2n) is 8.05. The molecule has 0 spiro atoms. The van der Waals surface area contributed by atoms with E-state index in [4.69, 9.17) is 21.1 Å². The van der Waals surface area contributed by atoms with Gasteiger partial charge in [-0.05, 0) is 35.9 Å². The van der Waals surface area contributed by atoms with Crippen LogP contribution in [0.25, 0.3) is 0 Å². The fourth-order valence-electron chi connectivity index (χ4n) is 3.84. The number of thiazole rings is 1. The highest BCUT2D eigenvalue weighted by Crippen LogP contribution is 2.35. The van der Waals surface area contributed by atoms with E-state index in [1.165, 1.54) is 11.3 Å². The lowest BCUT2D eigenvalue weighted by molar-refractivity contribution is -0.137. The molecular weight excluding hydrogens is 539 g/mol. The van der Waals surface area contributed by atoms with Gasteiger partial charge in [0.25, 0.3) is 0 Å². The topological polar surface area (TPSA) is 72.0 Å². The van der Waals surface area contributed by atoms with Crippen LogP contribution in [0.1, 0.15) is 16.8 Å². The zero-order valence-electron chi connectivity index (χ0n) is 19.4. The van der Waals surface area contributed by atoms with Gasteiger partial charge in [-0.25, -0.2) is 13.4 Å². The van der Waals surface area contributed by atoms with Crippen LogP contribution in [0.2, 0.25) is 5.02 Å². The van der Waals surface area contributed by atoms with Crippen molar-refractivity contribution < 1.29 is 31.1 Å². The molecule has 4 rings (SSSR count). The number of piperazine rings is 1. The van der Waals surface area contributed by atoms with E-state index in [-0.39, 0.29) is 18.1 Å². The molecular formula is C23H23ClF3N3O4S2. The molecule has 1 aromatic heterocycles. The molecule has 0 unspecified atom stereocenters. The highest BCUT2D eigenvalue weighted by Gasteiger charge is 2.35. The van der Waals surface area contributed by atoms with Crippen LogP contribution >= 0.6 is 22.9 Å². The molecule has 13 heteroatoms. The molecule has 1 aliphatic heterocycles. The summed E-state index contributed by atoms with van der Waals surface area (Å²) in [6.07, 6.45) is -4.11. The molecule has 194 valence electrons. The molecule has 0 bridgehead atoms. The molecule has 0 radical (unpaired) electrons. The van der Waals surface area contributed by atoms with E-state index >= 15 is 0 Å². The Morgan fingerprint density at radius 1 is 1.03 bits per heavy atom. The average molecular weight is 562 g/mol. The highest BCUT2D eigenvalue weighted by atomic mass is 35.5. The quantitative estimate of drug-likeness (QED) is 0.407. The van der Waals surface area contributed by atoms with Crippen molar-refractivity contribution in [2.24, 2.45) is 0 Å². The Kier molecular flexibility index (Phi) is 7.69. The molecule has 2 aromatic carbocycles. The number of sulfonamides is 1. The number of ether oxygens (including phenoxy) is 2. The molecule has 36 heavy (non-hydrogen) atoms. The van der Waals surface area contributed by atoms with E-state index in [1.807, 2.05) is 22.4 Å². The van der Waals surface area contributed by atoms with Crippen LogP contribution in [0.5, 0.6) is 11.5 Å². The third kappa shape index (κ3) is 5.72. The van der Waals surface area contributed by atoms with E-state index in [1.54, 1.807) is 20.3 Å². The lowest BCUT2D eigenvalue weighted by Gasteiger charge is -2.34. The third-order valence-electron chi connectivity index (χ3n) is 5.72. The fourth-order valence-corrected chi connectivity index (χ4v) is 6.64. The smallest absolute Gasteiger partial charge is 0.416 e. The van der Waals surface area contributed by atoms with Gasteiger partial charge in [-0.15, -0.1) is 11.3 Å². The third-order valence-corrected chi connectivity index (χ3v) is 9.05. The summed E-state index contributed by atoms with van der Waals surface area (Å²) in [5, 5.41) is 2.44. The van der Waals surface area contributed by atoms with Crippen molar-refractivity contribution in [1.29, 1.82) is 0 Å². The molecule has 0 amide bonds. The number of alkyl halides is 3. The van der Waals surface area contributed by atoms with E-state index in [2.05, 4.69) is 4.98 Å². The van der Waals surface area contributed by atoms with E-state index < -0.39 is 26.7 Å². The van der Waals surface area contributed by atoms with Crippen molar-refractivity contribution >= 4 is 38.1 Å². The molecule has 7 nitrogen and oxygen atoms in total. The predicted molar refractivity (Wildman–Crippen MR) is 132 cm³/mol. The van der Waals surface area contributed by atoms with Gasteiger partial charge in [0.2, 0.25) is 10.0 Å². The standard InChI is InChI=1S/C23H23ClF3N3O4S2/c1-33-18-10-15(11-19(13-18)34-2)9-17-14-35-22(28-17)29-5-7-30(8-6-29)36(31,32)21-12-16(23(25,26)27)3-4-20(21)24/h3-4,10-14H,5-9H2,1-2H3. The van der Waals surface area contributed by atoms with Crippen molar-refractivity contribution in [3.8, 4) is 11.5 Å². The molecule has 1 saturated heterocycles. The summed E-state index contributed by atoms with van der Waals surface area (Å²) in [4.78, 5) is 6.10. The first-order valence-corrected chi connectivity index (χ1v) is 13.5. The number of hydrogen-bond donors (Lipinski definition) is 0. The zero-order chi connectivity index (χ0) is 26.1. The normalized spacial score (nSPS) is 15.2. The zero-order valence-corrected chi connectivity index (χ0v) is 21.8. The number of anilines is 1. The Hall–Kier alpha value is -2.54. The van der Waals surface area contributed by atoms with Crippen molar-refractivity contribution in [3.05, 3.63) is 63.6 Å². The highest BCUT2D eigenvalue weighted by molar-refractivity contribution is 7.89. The molecule has 3 aromatic rings. The van der Waals surface area contributed by atoms with Crippen LogP contribution in [-0.4, -0.2) is 58.1 Å². The van der Waals surface area contributed by atoms with Crippen molar-refractivity contribution in [2.75, 3.05) is 45.3 Å². The van der Waals surface area contributed by atoms with Crippen LogP contribution < -0.4 is 14.4 Å². The first kappa shape index (κ1) is 26.5. The van der Waals surface area contributed by atoms with Crippen LogP contribution in [0.3, 0.4) is 0 Å². The maximum Gasteiger partial charge on any atom is 0.416 e. The second kappa shape index (κ2) is 10.4. The van der Waals surface area contributed by atoms with Crippen LogP contribution in [0.15, 0.2) is 46.7 Å². The van der Waals surface area contributed by atoms with Gasteiger partial charge in [0.05, 0.1) is 30.5 Å². The van der Waals surface area contributed by atoms with E-state index in [0.717, 1.165) is 32.8 Å². The molecule has 0 atom stereocenters. The molecule has 1 fully saturated rings. The van der Waals surface area contributed by atoms with Crippen molar-refractivity contribution in [2.45, 2.75) is 17.5 Å². The van der Waals surface area contributed by atoms with Gasteiger partial charge in [0, 0.05) is 44.0 Å². The summed E-state index contributed by atoms with van der Waals surface area (Å²) >= 11 is 7.42. The molecule has 0 aliphatic carbocycles. The first-order valence-electron chi connectivity index (χ1n) is 10.8. The Morgan fingerprint density at radius 2 is 1.67 bits per heavy atom. The molecule has 0 saturated carbocycles. The Labute approximate surface area is 216 Å². The van der Waals surface area contributed by atoms with Crippen LogP contribution in [-0.2, 0) is 22.6 Å². The number of aromatic nitrogens is 1. The number of hydrogen-bond acceptors (Lipinski definition) is 7. The van der Waals surface area contributed by atoms with Gasteiger partial charge < -0.3 is 14.4 Å². The number of rotatable bonds is 7. The van der Waals surface area contributed by atoms with E-state index in [9.17, 15) is 21.6 Å². The van der Waals surface area contributed by atoms with E-state index in [0.29, 0.717) is 37.1 Å². The molecule has 1 aliphatic rings. The predicted octanol–water partition coefficient (Wildman–Crippen LogP) is 4.93. The summed E-state index contributed by atoms with van der Waals surface area (Å²) in [6, 6.07) is 7.92. The minimum atomic E-state index is -4.67. The second-order valence-corrected chi connectivity index (χ2v) is 11.2. The largest absolute Gasteiger partial charge is 0.497 e. The van der Waals surface area contributed by atoms with Gasteiger partial charge in [0.1, 0.15) is 16.4 Å². The lowest BCUT2D eigenvalue weighted by Crippen LogP contribution is -2.48. The number of benzene rings is 2. The van der Waals surface area contributed by atoms with Crippen molar-refractivity contribution in [3.63, 3.8) is 0 Å². The maximum absolute atomic E-state index is 13.1. The van der Waals surface area contributed by atoms with Crippen LogP contribution in [0.4, 0.5) is 18.3 Å². The number of nitrogens with zero attached hydrogens (tertiary/aromatic N) is 3. The Bertz CT molecular complexity index is 1320. The first-order chi connectivity index (χ1) is 17.0. The van der Waals surface area contributed by atoms with Gasteiger partial charge >= 0.3 is 6.18 Å². The summed E-state index contributed by atoms with van der Waals surface area (Å²) < 4.78 is 77.2. The SMILES string of the molecule is COc1cc(Cc2csc(N3CCN(S(=O)(=O)c4cc(C(F)(F)F)ccc4Cl)CC3)n2)cc(OC)c1. The number of halogens is 4. The minimum absolute atomic E-state index is 0.0942. The van der Waals surface area contributed by atoms with Crippen LogP contribution in [0, 0.1) is 0 Å². The minimum Gasteiger partial charge on any atom is -0.497 e. The van der Waals surface area contributed by atoms with Gasteiger partial charge in [0.15, 0.2) is 5.13 Å². The van der Waals surface area contributed by atoms with Gasteiger partial charge in [-0.2, -0.15) is 17.5 Å². The van der Waals surface area contributed by atoms with Crippen molar-refractivity contribution in [1.82, 2.24) is 9.29 Å². The summed E-state index contributed by atoms with van der Waals surface area (Å²) in [5.74, 6) is 1.36. The monoisotopic (exact) mass is 561 g/mol. The fraction of sp³-hybridized carbons (Fsp3) is 0.348. The summed E-state index contributed by atoms with van der Waals surface area (Å²) in [5.41, 5.74) is 0.751. The molecule has 0 N–H and O–H groups in total. The summed E-state index contributed by atoms with van der Waals surface area (Å²) in [6.45, 7) is 0.874. The number of methoxy groups -OCH3 is 2.